The fourth-order valence-corrected chi connectivity index (χ4v) is 3.51. The lowest BCUT2D eigenvalue weighted by atomic mass is 10.0. The molecule has 0 amide bonds. The Hall–Kier alpha value is 0.270. The minimum absolute atomic E-state index is 0.978. The van der Waals surface area contributed by atoms with E-state index in [1.807, 2.05) is 0 Å². The Morgan fingerprint density at radius 1 is 1.27 bits per heavy atom. The van der Waals surface area contributed by atoms with Crippen molar-refractivity contribution < 1.29 is 0 Å². The predicted molar refractivity (Wildman–Crippen MR) is 68.6 cm³/mol. The summed E-state index contributed by atoms with van der Waals surface area (Å²) in [6, 6.07) is 0. The summed E-state index contributed by atoms with van der Waals surface area (Å²) in [4.78, 5) is 2.67. The van der Waals surface area contributed by atoms with Crippen molar-refractivity contribution in [2.75, 3.05) is 44.2 Å². The predicted octanol–water partition coefficient (Wildman–Crippen LogP) is 1.81. The van der Waals surface area contributed by atoms with E-state index in [9.17, 15) is 0 Å². The second kappa shape index (κ2) is 6.77. The number of hydrogen-bond donors (Lipinski definition) is 1. The standard InChI is InChI=1S/C12H24N2S/c1(3-12-4-5-13-11-12)6-14-7-2-9-15-10-8-14/h12-13H,1-11H2. The van der Waals surface area contributed by atoms with Gasteiger partial charge in [-0.25, -0.2) is 0 Å². The van der Waals surface area contributed by atoms with Gasteiger partial charge in [-0.3, -0.25) is 0 Å². The Labute approximate surface area is 98.2 Å². The highest BCUT2D eigenvalue weighted by atomic mass is 32.2. The molecule has 0 aliphatic carbocycles. The summed E-state index contributed by atoms with van der Waals surface area (Å²) in [5.74, 6) is 3.71. The van der Waals surface area contributed by atoms with Crippen molar-refractivity contribution in [1.29, 1.82) is 0 Å². The number of nitrogens with zero attached hydrogens (tertiary/aromatic N) is 1. The van der Waals surface area contributed by atoms with E-state index in [0.29, 0.717) is 0 Å². The molecule has 0 aromatic rings. The van der Waals surface area contributed by atoms with E-state index >= 15 is 0 Å². The zero-order valence-corrected chi connectivity index (χ0v) is 10.5. The van der Waals surface area contributed by atoms with Gasteiger partial charge in [0.25, 0.3) is 0 Å². The fraction of sp³-hybridized carbons (Fsp3) is 1.00. The second-order valence-corrected chi connectivity index (χ2v) is 6.03. The van der Waals surface area contributed by atoms with Crippen LogP contribution in [0.1, 0.15) is 25.7 Å². The molecule has 0 saturated carbocycles. The molecule has 2 nitrogen and oxygen atoms in total. The molecule has 2 rings (SSSR count). The van der Waals surface area contributed by atoms with Gasteiger partial charge in [0.1, 0.15) is 0 Å². The minimum atomic E-state index is 0.978. The molecule has 15 heavy (non-hydrogen) atoms. The van der Waals surface area contributed by atoms with E-state index in [2.05, 4.69) is 22.0 Å². The molecule has 0 radical (unpaired) electrons. The summed E-state index contributed by atoms with van der Waals surface area (Å²) in [5.41, 5.74) is 0. The maximum Gasteiger partial charge on any atom is 0.00723 e. The van der Waals surface area contributed by atoms with Crippen molar-refractivity contribution >= 4 is 11.8 Å². The smallest absolute Gasteiger partial charge is 0.00723 e. The van der Waals surface area contributed by atoms with Crippen molar-refractivity contribution in [3.8, 4) is 0 Å². The summed E-state index contributed by atoms with van der Waals surface area (Å²) in [5, 5.41) is 3.45. The molecule has 0 aromatic heterocycles. The first-order valence-corrected chi connectivity index (χ1v) is 7.61. The molecule has 2 aliphatic heterocycles. The molecular formula is C12H24N2S. The average molecular weight is 228 g/mol. The summed E-state index contributed by atoms with van der Waals surface area (Å²) in [7, 11) is 0. The number of thioether (sulfide) groups is 1. The lowest BCUT2D eigenvalue weighted by Crippen LogP contribution is -2.27. The van der Waals surface area contributed by atoms with E-state index in [-0.39, 0.29) is 0 Å². The Balaban J connectivity index is 1.55. The lowest BCUT2D eigenvalue weighted by Gasteiger charge is -2.20. The van der Waals surface area contributed by atoms with Crippen LogP contribution in [-0.4, -0.2) is 49.1 Å². The van der Waals surface area contributed by atoms with Crippen LogP contribution in [0.15, 0.2) is 0 Å². The van der Waals surface area contributed by atoms with Crippen LogP contribution in [0.4, 0.5) is 0 Å². The molecule has 2 fully saturated rings. The van der Waals surface area contributed by atoms with Gasteiger partial charge < -0.3 is 10.2 Å². The fourth-order valence-electron chi connectivity index (χ4n) is 2.59. The summed E-state index contributed by atoms with van der Waals surface area (Å²) in [6.45, 7) is 6.54. The molecule has 0 spiro atoms. The molecule has 2 heterocycles. The van der Waals surface area contributed by atoms with Crippen molar-refractivity contribution in [2.45, 2.75) is 25.7 Å². The van der Waals surface area contributed by atoms with E-state index in [1.165, 1.54) is 69.9 Å². The highest BCUT2D eigenvalue weighted by molar-refractivity contribution is 7.99. The maximum atomic E-state index is 3.45. The molecule has 1 N–H and O–H groups in total. The second-order valence-electron chi connectivity index (χ2n) is 4.81. The molecule has 1 atom stereocenters. The third-order valence-electron chi connectivity index (χ3n) is 3.56. The highest BCUT2D eigenvalue weighted by Crippen LogP contribution is 2.16. The molecule has 0 bridgehead atoms. The highest BCUT2D eigenvalue weighted by Gasteiger charge is 2.14. The first-order chi connectivity index (χ1) is 7.45. The van der Waals surface area contributed by atoms with Crippen LogP contribution in [0, 0.1) is 5.92 Å². The minimum Gasteiger partial charge on any atom is -0.316 e. The Kier molecular flexibility index (Phi) is 5.30. The molecule has 0 aromatic carbocycles. The van der Waals surface area contributed by atoms with Gasteiger partial charge in [-0.05, 0) is 63.5 Å². The zero-order chi connectivity index (χ0) is 10.3. The first kappa shape index (κ1) is 11.7. The van der Waals surface area contributed by atoms with Crippen LogP contribution in [0.25, 0.3) is 0 Å². The largest absolute Gasteiger partial charge is 0.316 e. The third-order valence-corrected chi connectivity index (χ3v) is 4.61. The van der Waals surface area contributed by atoms with Crippen molar-refractivity contribution in [3.05, 3.63) is 0 Å². The Bertz CT molecular complexity index is 161. The van der Waals surface area contributed by atoms with Crippen LogP contribution in [0.2, 0.25) is 0 Å². The van der Waals surface area contributed by atoms with Gasteiger partial charge in [0.15, 0.2) is 0 Å². The van der Waals surface area contributed by atoms with Gasteiger partial charge in [-0.1, -0.05) is 0 Å². The third kappa shape index (κ3) is 4.33. The van der Waals surface area contributed by atoms with Crippen LogP contribution in [0.5, 0.6) is 0 Å². The van der Waals surface area contributed by atoms with Gasteiger partial charge >= 0.3 is 0 Å². The molecule has 3 heteroatoms. The van der Waals surface area contributed by atoms with E-state index < -0.39 is 0 Å². The van der Waals surface area contributed by atoms with Crippen molar-refractivity contribution in [1.82, 2.24) is 10.2 Å². The van der Waals surface area contributed by atoms with E-state index in [0.717, 1.165) is 5.92 Å². The van der Waals surface area contributed by atoms with Gasteiger partial charge in [-0.15, -0.1) is 0 Å². The summed E-state index contributed by atoms with van der Waals surface area (Å²) < 4.78 is 0. The van der Waals surface area contributed by atoms with E-state index in [1.54, 1.807) is 0 Å². The molecule has 2 aliphatic rings. The Morgan fingerprint density at radius 2 is 2.27 bits per heavy atom. The van der Waals surface area contributed by atoms with Gasteiger partial charge in [-0.2, -0.15) is 11.8 Å². The first-order valence-electron chi connectivity index (χ1n) is 6.46. The van der Waals surface area contributed by atoms with Crippen LogP contribution in [-0.2, 0) is 0 Å². The van der Waals surface area contributed by atoms with Gasteiger partial charge in [0.05, 0.1) is 0 Å². The van der Waals surface area contributed by atoms with E-state index in [4.69, 9.17) is 0 Å². The Morgan fingerprint density at radius 3 is 3.13 bits per heavy atom. The lowest BCUT2D eigenvalue weighted by molar-refractivity contribution is 0.281. The summed E-state index contributed by atoms with van der Waals surface area (Å²) >= 11 is 2.13. The van der Waals surface area contributed by atoms with Crippen molar-refractivity contribution in [2.24, 2.45) is 5.92 Å². The monoisotopic (exact) mass is 228 g/mol. The van der Waals surface area contributed by atoms with Crippen LogP contribution >= 0.6 is 11.8 Å². The summed E-state index contributed by atoms with van der Waals surface area (Å²) in [6.07, 6.45) is 5.67. The van der Waals surface area contributed by atoms with Gasteiger partial charge in [0, 0.05) is 12.3 Å². The SMILES string of the molecule is C1CSCCN(CCCC2CCNC2)C1. The van der Waals surface area contributed by atoms with Gasteiger partial charge in [0.2, 0.25) is 0 Å². The number of rotatable bonds is 4. The zero-order valence-electron chi connectivity index (χ0n) is 9.71. The normalized spacial score (nSPS) is 29.2. The number of hydrogen-bond acceptors (Lipinski definition) is 3. The van der Waals surface area contributed by atoms with Crippen LogP contribution in [0.3, 0.4) is 0 Å². The quantitative estimate of drug-likeness (QED) is 0.790. The topological polar surface area (TPSA) is 15.3 Å². The number of nitrogens with one attached hydrogen (secondary N) is 1. The molecule has 88 valence electrons. The molecular weight excluding hydrogens is 204 g/mol. The molecule has 2 saturated heterocycles. The molecule has 1 unspecified atom stereocenters. The maximum absolute atomic E-state index is 3.45. The van der Waals surface area contributed by atoms with Crippen molar-refractivity contribution in [3.63, 3.8) is 0 Å². The average Bonchev–Trinajstić information content (AvgIpc) is 2.62. The van der Waals surface area contributed by atoms with Crippen LogP contribution < -0.4 is 5.32 Å².